The Morgan fingerprint density at radius 1 is 1.00 bits per heavy atom. The second-order valence-corrected chi connectivity index (χ2v) is 4.42. The van der Waals surface area contributed by atoms with Gasteiger partial charge in [-0.2, -0.15) is 0 Å². The molecule has 0 heterocycles. The number of ketones is 1. The van der Waals surface area contributed by atoms with E-state index in [0.29, 0.717) is 4.48 Å². The predicted octanol–water partition coefficient (Wildman–Crippen LogP) is 3.33. The first kappa shape index (κ1) is 8.86. The van der Waals surface area contributed by atoms with Gasteiger partial charge in [-0.25, -0.2) is 0 Å². The lowest BCUT2D eigenvalue weighted by Crippen LogP contribution is -2.04. The zero-order valence-electron chi connectivity index (χ0n) is 7.83. The van der Waals surface area contributed by atoms with Crippen LogP contribution in [0.15, 0.2) is 46.5 Å². The average Bonchev–Trinajstić information content (AvgIpc) is 2.63. The zero-order valence-corrected chi connectivity index (χ0v) is 9.41. The van der Waals surface area contributed by atoms with Crippen molar-refractivity contribution in [1.82, 2.24) is 0 Å². The molecule has 2 heteroatoms. The van der Waals surface area contributed by atoms with Gasteiger partial charge in [0.1, 0.15) is 0 Å². The van der Waals surface area contributed by atoms with Gasteiger partial charge in [0.2, 0.25) is 5.78 Å². The lowest BCUT2D eigenvalue weighted by atomic mass is 9.96. The molecule has 0 amide bonds. The second-order valence-electron chi connectivity index (χ2n) is 3.57. The zero-order chi connectivity index (χ0) is 10.4. The van der Waals surface area contributed by atoms with Gasteiger partial charge in [0.15, 0.2) is 0 Å². The highest BCUT2D eigenvalue weighted by molar-refractivity contribution is 9.12. The maximum Gasteiger partial charge on any atom is 0.200 e. The van der Waals surface area contributed by atoms with E-state index < -0.39 is 0 Å². The number of benzene rings is 1. The van der Waals surface area contributed by atoms with Crippen LogP contribution < -0.4 is 0 Å². The van der Waals surface area contributed by atoms with Crippen LogP contribution in [0.2, 0.25) is 0 Å². The maximum atomic E-state index is 11.9. The molecule has 0 radical (unpaired) electrons. The van der Waals surface area contributed by atoms with Gasteiger partial charge in [0.25, 0.3) is 0 Å². The van der Waals surface area contributed by atoms with Crippen LogP contribution >= 0.6 is 15.9 Å². The minimum Gasteiger partial charge on any atom is -0.288 e. The summed E-state index contributed by atoms with van der Waals surface area (Å²) in [6.07, 6.45) is 5.76. The highest BCUT2D eigenvalue weighted by Gasteiger charge is 2.26. The number of carbonyl (C=O) groups is 1. The average molecular weight is 259 g/mol. The smallest absolute Gasteiger partial charge is 0.200 e. The van der Waals surface area contributed by atoms with Gasteiger partial charge in [0.05, 0.1) is 4.48 Å². The molecule has 0 unspecified atom stereocenters. The van der Waals surface area contributed by atoms with E-state index in [1.165, 1.54) is 0 Å². The topological polar surface area (TPSA) is 17.1 Å². The first-order valence-corrected chi connectivity index (χ1v) is 5.50. The van der Waals surface area contributed by atoms with E-state index in [4.69, 9.17) is 0 Å². The molecule has 0 saturated heterocycles. The number of hydrogen-bond acceptors (Lipinski definition) is 1. The highest BCUT2D eigenvalue weighted by atomic mass is 79.9. The predicted molar refractivity (Wildman–Crippen MR) is 64.4 cm³/mol. The van der Waals surface area contributed by atoms with Gasteiger partial charge >= 0.3 is 0 Å². The Kier molecular flexibility index (Phi) is 1.80. The third-order valence-corrected chi connectivity index (χ3v) is 3.32. The number of rotatable bonds is 0. The Morgan fingerprint density at radius 2 is 1.80 bits per heavy atom. The van der Waals surface area contributed by atoms with E-state index in [0.717, 1.165) is 22.3 Å². The molecule has 0 fully saturated rings. The summed E-state index contributed by atoms with van der Waals surface area (Å²) in [6, 6.07) is 8.06. The molecule has 1 nitrogen and oxygen atoms in total. The number of hydrogen-bond donors (Lipinski definition) is 0. The van der Waals surface area contributed by atoms with Crippen LogP contribution in [0.1, 0.15) is 11.1 Å². The van der Waals surface area contributed by atoms with Gasteiger partial charge in [-0.05, 0) is 44.8 Å². The van der Waals surface area contributed by atoms with Gasteiger partial charge in [-0.15, -0.1) is 0 Å². The van der Waals surface area contributed by atoms with Crippen molar-refractivity contribution in [3.05, 3.63) is 57.6 Å². The molecule has 15 heavy (non-hydrogen) atoms. The third-order valence-electron chi connectivity index (χ3n) is 2.70. The third kappa shape index (κ3) is 1.18. The van der Waals surface area contributed by atoms with E-state index in [-0.39, 0.29) is 5.78 Å². The fraction of sp³-hybridized carbons (Fsp3) is 0. The molecule has 0 N–H and O–H groups in total. The standard InChI is InChI=1S/C13H7BrO/c14-12-6-5-10-9-4-2-1-3-8(9)7-11(10)13(12)15/h1-7H. The molecule has 0 aromatic heterocycles. The van der Waals surface area contributed by atoms with Crippen LogP contribution in [0.5, 0.6) is 0 Å². The quantitative estimate of drug-likeness (QED) is 0.698. The summed E-state index contributed by atoms with van der Waals surface area (Å²) >= 11 is 3.26. The molecular formula is C13H7BrO. The summed E-state index contributed by atoms with van der Waals surface area (Å²) in [5.74, 6) is 0.0729. The summed E-state index contributed by atoms with van der Waals surface area (Å²) in [5.41, 5.74) is 4.11. The van der Waals surface area contributed by atoms with Crippen molar-refractivity contribution in [3.8, 4) is 0 Å². The van der Waals surface area contributed by atoms with E-state index >= 15 is 0 Å². The second kappa shape index (κ2) is 3.04. The minimum atomic E-state index is 0.0729. The highest BCUT2D eigenvalue weighted by Crippen LogP contribution is 2.39. The van der Waals surface area contributed by atoms with E-state index in [9.17, 15) is 4.79 Å². The van der Waals surface area contributed by atoms with Crippen molar-refractivity contribution in [2.75, 3.05) is 0 Å². The molecular weight excluding hydrogens is 252 g/mol. The lowest BCUT2D eigenvalue weighted by molar-refractivity contribution is -0.111. The first-order valence-electron chi connectivity index (χ1n) is 4.71. The van der Waals surface area contributed by atoms with Gasteiger partial charge < -0.3 is 0 Å². The van der Waals surface area contributed by atoms with Crippen molar-refractivity contribution in [3.63, 3.8) is 0 Å². The summed E-state index contributed by atoms with van der Waals surface area (Å²) in [7, 11) is 0. The minimum absolute atomic E-state index is 0.0729. The van der Waals surface area contributed by atoms with Gasteiger partial charge in [0, 0.05) is 5.57 Å². The fourth-order valence-corrected chi connectivity index (χ4v) is 2.32. The molecule has 2 aliphatic carbocycles. The van der Waals surface area contributed by atoms with Crippen LogP contribution in [-0.2, 0) is 4.79 Å². The van der Waals surface area contributed by atoms with E-state index in [1.54, 1.807) is 0 Å². The Bertz CT molecular complexity index is 562. The van der Waals surface area contributed by atoms with Crippen LogP contribution in [0.25, 0.3) is 11.6 Å². The fourth-order valence-electron chi connectivity index (χ4n) is 1.97. The largest absolute Gasteiger partial charge is 0.288 e. The van der Waals surface area contributed by atoms with Crippen molar-refractivity contribution in [2.45, 2.75) is 0 Å². The number of Topliss-reactive ketones (excluding diaryl/α,β-unsaturated/α-hetero) is 1. The van der Waals surface area contributed by atoms with Crippen LogP contribution in [-0.4, -0.2) is 5.78 Å². The number of halogens is 1. The molecule has 0 atom stereocenters. The normalized spacial score (nSPS) is 17.7. The summed E-state index contributed by atoms with van der Waals surface area (Å²) in [6.45, 7) is 0. The Morgan fingerprint density at radius 3 is 2.67 bits per heavy atom. The van der Waals surface area contributed by atoms with Crippen molar-refractivity contribution >= 4 is 33.4 Å². The van der Waals surface area contributed by atoms with E-state index in [2.05, 4.69) is 15.9 Å². The van der Waals surface area contributed by atoms with Crippen LogP contribution in [0.3, 0.4) is 0 Å². The number of allylic oxidation sites excluding steroid dienone is 5. The molecule has 0 bridgehead atoms. The summed E-state index contributed by atoms with van der Waals surface area (Å²) in [4.78, 5) is 11.9. The summed E-state index contributed by atoms with van der Waals surface area (Å²) < 4.78 is 0.630. The molecule has 0 aliphatic heterocycles. The Hall–Kier alpha value is -1.41. The van der Waals surface area contributed by atoms with Crippen molar-refractivity contribution < 1.29 is 4.79 Å². The molecule has 1 aromatic rings. The first-order chi connectivity index (χ1) is 7.27. The summed E-state index contributed by atoms with van der Waals surface area (Å²) in [5, 5.41) is 0. The van der Waals surface area contributed by atoms with Gasteiger partial charge in [-0.3, -0.25) is 4.79 Å². The van der Waals surface area contributed by atoms with E-state index in [1.807, 2.05) is 42.5 Å². The molecule has 1 aromatic carbocycles. The van der Waals surface area contributed by atoms with Crippen LogP contribution in [0, 0.1) is 0 Å². The SMILES string of the molecule is O=C1C(Br)=CC=C2C1=Cc1ccccc12. The molecule has 72 valence electrons. The Labute approximate surface area is 95.9 Å². The Balaban J connectivity index is 2.26. The van der Waals surface area contributed by atoms with Crippen molar-refractivity contribution in [2.24, 2.45) is 0 Å². The van der Waals surface area contributed by atoms with Crippen molar-refractivity contribution in [1.29, 1.82) is 0 Å². The van der Waals surface area contributed by atoms with Gasteiger partial charge in [-0.1, -0.05) is 30.3 Å². The number of carbonyl (C=O) groups excluding carboxylic acids is 1. The molecule has 3 rings (SSSR count). The lowest BCUT2D eigenvalue weighted by Gasteiger charge is -2.09. The maximum absolute atomic E-state index is 11.9. The molecule has 0 spiro atoms. The van der Waals surface area contributed by atoms with Crippen LogP contribution in [0.4, 0.5) is 0 Å². The monoisotopic (exact) mass is 258 g/mol. The number of fused-ring (bicyclic) bond motifs is 3. The molecule has 2 aliphatic rings. The molecule has 0 saturated carbocycles.